The van der Waals surface area contributed by atoms with Crippen molar-refractivity contribution in [2.45, 2.75) is 27.3 Å². The van der Waals surface area contributed by atoms with Gasteiger partial charge in [0.1, 0.15) is 0 Å². The number of thioether (sulfide) groups is 4. The van der Waals surface area contributed by atoms with Crippen LogP contribution >= 0.6 is 110 Å². The van der Waals surface area contributed by atoms with Crippen LogP contribution in [0.1, 0.15) is 13.3 Å². The van der Waals surface area contributed by atoms with E-state index >= 15 is 0 Å². The molecule has 0 N–H and O–H groups in total. The predicted molar refractivity (Wildman–Crippen MR) is 135 cm³/mol. The van der Waals surface area contributed by atoms with Crippen LogP contribution in [0.3, 0.4) is 0 Å². The summed E-state index contributed by atoms with van der Waals surface area (Å²) in [7, 11) is 0. The van der Waals surface area contributed by atoms with Crippen molar-refractivity contribution in [3.63, 3.8) is 0 Å². The van der Waals surface area contributed by atoms with Gasteiger partial charge in [-0.15, -0.1) is 35.3 Å². The second-order valence-corrected chi connectivity index (χ2v) is 12.7. The first-order valence-corrected chi connectivity index (χ1v) is 14.3. The molecule has 0 radical (unpaired) electrons. The van der Waals surface area contributed by atoms with Gasteiger partial charge in [-0.05, 0) is 23.7 Å². The monoisotopic (exact) mass is 472 g/mol. The van der Waals surface area contributed by atoms with Crippen molar-refractivity contribution in [2.75, 3.05) is 46.0 Å². The minimum absolute atomic E-state index is 0.105. The maximum atomic E-state index is 5.00. The summed E-state index contributed by atoms with van der Waals surface area (Å²) in [5.74, 6) is 7.90. The van der Waals surface area contributed by atoms with E-state index in [1.165, 1.54) is 12.2 Å². The maximum absolute atomic E-state index is 5.00. The van der Waals surface area contributed by atoms with Crippen molar-refractivity contribution in [3.05, 3.63) is 0 Å². The molecule has 0 aromatic rings. The van der Waals surface area contributed by atoms with Crippen LogP contribution in [-0.2, 0) is 0 Å². The van der Waals surface area contributed by atoms with E-state index in [-0.39, 0.29) is 4.08 Å². The fraction of sp³-hybridized carbons (Fsp3) is 1.00. The minimum atomic E-state index is -0.105. The predicted octanol–water partition coefficient (Wildman–Crippen LogP) is 5.37. The van der Waals surface area contributed by atoms with E-state index in [4.69, 9.17) is 12.6 Å². The zero-order chi connectivity index (χ0) is 16.8. The van der Waals surface area contributed by atoms with Crippen LogP contribution < -0.4 is 0 Å². The van der Waals surface area contributed by atoms with Crippen molar-refractivity contribution in [1.82, 2.24) is 0 Å². The molecule has 0 rings (SSSR count). The molecule has 0 heterocycles. The molecule has 0 fully saturated rings. The molecule has 134 valence electrons. The number of rotatable bonds is 15. The highest BCUT2D eigenvalue weighted by atomic mass is 32.2. The van der Waals surface area contributed by atoms with Crippen molar-refractivity contribution in [2.24, 2.45) is 0 Å². The molecule has 0 saturated carbocycles. The highest BCUT2D eigenvalue weighted by Gasteiger charge is 2.35. The van der Waals surface area contributed by atoms with Crippen LogP contribution in [0.25, 0.3) is 0 Å². The average Bonchev–Trinajstić information content (AvgIpc) is 2.55. The lowest BCUT2D eigenvalue weighted by atomic mass is 10.5. The summed E-state index contributed by atoms with van der Waals surface area (Å²) in [5, 5.41) is 0.581. The summed E-state index contributed by atoms with van der Waals surface area (Å²) in [6.45, 7) is 2.23. The minimum Gasteiger partial charge on any atom is -0.179 e. The largest absolute Gasteiger partial charge is 0.179 e. The van der Waals surface area contributed by atoms with Gasteiger partial charge in [0.25, 0.3) is 0 Å². The number of thiol groups is 5. The summed E-state index contributed by atoms with van der Waals surface area (Å²) < 4.78 is 0.336. The second kappa shape index (κ2) is 16.3. The maximum Gasteiger partial charge on any atom is 0.0878 e. The van der Waals surface area contributed by atoms with E-state index in [9.17, 15) is 0 Å². The molecule has 9 heteroatoms. The molecule has 0 nitrogen and oxygen atoms in total. The van der Waals surface area contributed by atoms with Gasteiger partial charge in [0.05, 0.1) is 8.66 Å². The lowest BCUT2D eigenvalue weighted by molar-refractivity contribution is 1.01. The lowest BCUT2D eigenvalue weighted by Crippen LogP contribution is -2.33. The second-order valence-electron chi connectivity index (χ2n) is 4.51. The zero-order valence-corrected chi connectivity index (χ0v) is 20.6. The standard InChI is InChI=1S/C13H28S9/c1-2-5-20-12(13(18,10-17)22-7-4-15)21-9-11(8-16)19-6-3-14/h11-12,14-18H,2-10H2,1H3. The van der Waals surface area contributed by atoms with Gasteiger partial charge in [-0.2, -0.15) is 74.9 Å². The molecule has 0 amide bonds. The van der Waals surface area contributed by atoms with Crippen molar-refractivity contribution in [3.8, 4) is 0 Å². The van der Waals surface area contributed by atoms with E-state index in [1.807, 2.05) is 47.0 Å². The molecule has 22 heavy (non-hydrogen) atoms. The molecule has 3 atom stereocenters. The molecule has 0 aliphatic rings. The number of hydrogen-bond donors (Lipinski definition) is 5. The highest BCUT2D eigenvalue weighted by molar-refractivity contribution is 8.22. The van der Waals surface area contributed by atoms with E-state index in [2.05, 4.69) is 57.4 Å². The summed E-state index contributed by atoms with van der Waals surface area (Å²) in [5.41, 5.74) is 0. The summed E-state index contributed by atoms with van der Waals surface area (Å²) >= 11 is 30.6. The molecule has 0 bridgehead atoms. The zero-order valence-electron chi connectivity index (χ0n) is 12.9. The molecular weight excluding hydrogens is 445 g/mol. The SMILES string of the molecule is CCCSC(SCC(CS)SCCS)C(S)(CS)SCCS. The van der Waals surface area contributed by atoms with Crippen molar-refractivity contribution in [1.29, 1.82) is 0 Å². The summed E-state index contributed by atoms with van der Waals surface area (Å²) in [4.78, 5) is 0. The van der Waals surface area contributed by atoms with E-state index < -0.39 is 0 Å². The fourth-order valence-electron chi connectivity index (χ4n) is 1.51. The Morgan fingerprint density at radius 1 is 0.909 bits per heavy atom. The van der Waals surface area contributed by atoms with Crippen molar-refractivity contribution < 1.29 is 0 Å². The van der Waals surface area contributed by atoms with E-state index in [0.29, 0.717) is 9.83 Å². The van der Waals surface area contributed by atoms with Crippen LogP contribution in [0.4, 0.5) is 0 Å². The normalized spacial score (nSPS) is 17.2. The Morgan fingerprint density at radius 3 is 2.09 bits per heavy atom. The Kier molecular flexibility index (Phi) is 18.7. The first-order chi connectivity index (χ1) is 10.6. The first-order valence-electron chi connectivity index (χ1n) is 7.22. The topological polar surface area (TPSA) is 0 Å². The Morgan fingerprint density at radius 2 is 1.59 bits per heavy atom. The molecule has 0 aromatic heterocycles. The first kappa shape index (κ1) is 25.1. The third-order valence-corrected chi connectivity index (χ3v) is 13.0. The van der Waals surface area contributed by atoms with Crippen molar-refractivity contribution >= 4 is 110 Å². The van der Waals surface area contributed by atoms with Crippen LogP contribution in [-0.4, -0.2) is 59.9 Å². The smallest absolute Gasteiger partial charge is 0.0878 e. The lowest BCUT2D eigenvalue weighted by Gasteiger charge is -2.35. The molecule has 3 unspecified atom stereocenters. The molecule has 0 aromatic carbocycles. The van der Waals surface area contributed by atoms with Gasteiger partial charge in [0.15, 0.2) is 0 Å². The Bertz CT molecular complexity index is 254. The number of hydrogen-bond acceptors (Lipinski definition) is 9. The molecule has 0 spiro atoms. The Labute approximate surface area is 181 Å². The molecule has 0 aliphatic heterocycles. The van der Waals surface area contributed by atoms with Crippen LogP contribution in [0.2, 0.25) is 0 Å². The van der Waals surface area contributed by atoms with Gasteiger partial charge < -0.3 is 0 Å². The van der Waals surface area contributed by atoms with Crippen LogP contribution in [0, 0.1) is 0 Å². The fourth-order valence-corrected chi connectivity index (χ4v) is 9.35. The Balaban J connectivity index is 4.64. The van der Waals surface area contributed by atoms with Gasteiger partial charge in [-0.25, -0.2) is 0 Å². The van der Waals surface area contributed by atoms with Gasteiger partial charge >= 0.3 is 0 Å². The van der Waals surface area contributed by atoms with Gasteiger partial charge in [0, 0.05) is 34.0 Å². The van der Waals surface area contributed by atoms with E-state index in [1.54, 1.807) is 0 Å². The van der Waals surface area contributed by atoms with Gasteiger partial charge in [-0.1, -0.05) is 6.92 Å². The van der Waals surface area contributed by atoms with Gasteiger partial charge in [-0.3, -0.25) is 0 Å². The van der Waals surface area contributed by atoms with Crippen LogP contribution in [0.15, 0.2) is 0 Å². The molecule has 0 saturated heterocycles. The van der Waals surface area contributed by atoms with Crippen LogP contribution in [0.5, 0.6) is 0 Å². The molecule has 0 aliphatic carbocycles. The third kappa shape index (κ3) is 11.0. The van der Waals surface area contributed by atoms with E-state index in [0.717, 1.165) is 40.3 Å². The summed E-state index contributed by atoms with van der Waals surface area (Å²) in [6.07, 6.45) is 1.19. The average molecular weight is 473 g/mol. The quantitative estimate of drug-likeness (QED) is 0.160. The third-order valence-electron chi connectivity index (χ3n) is 2.59. The highest BCUT2D eigenvalue weighted by Crippen LogP contribution is 2.46. The summed E-state index contributed by atoms with van der Waals surface area (Å²) in [6, 6.07) is 0. The Hall–Kier alpha value is 3.15. The molecular formula is C13H28S9. The van der Waals surface area contributed by atoms with Gasteiger partial charge in [0.2, 0.25) is 0 Å².